The number of fused-ring (bicyclic) bond motifs is 3. The molecule has 2 atom stereocenters. The quantitative estimate of drug-likeness (QED) is 0.425. The van der Waals surface area contributed by atoms with E-state index in [0.29, 0.717) is 6.42 Å². The third-order valence-electron chi connectivity index (χ3n) is 6.22. The zero-order chi connectivity index (χ0) is 20.4. The average Bonchev–Trinajstić information content (AvgIpc) is 2.74. The summed E-state index contributed by atoms with van der Waals surface area (Å²) in [5.74, 6) is -0.377. The number of nitrogens with zero attached hydrogens (tertiary/aromatic N) is 1. The van der Waals surface area contributed by atoms with Crippen molar-refractivity contribution in [3.63, 3.8) is 0 Å². The molecule has 0 fully saturated rings. The van der Waals surface area contributed by atoms with Gasteiger partial charge in [0.25, 0.3) is 0 Å². The standard InChI is InChI=1S/C26H25F2N/c1-2-3-4-5-21-13-20-8-7-19-12-17(10-11-23(19)24(20)15-26(21)28)18-6-9-22(16-29)25(27)14-18/h6-12,14,21,26H,2-5,13,15H2,1H3/t21-,26-/m0/s1. The highest BCUT2D eigenvalue weighted by molar-refractivity contribution is 5.91. The number of nitriles is 1. The van der Waals surface area contributed by atoms with Crippen LogP contribution in [0.5, 0.6) is 0 Å². The predicted octanol–water partition coefficient (Wildman–Crippen LogP) is 7.15. The lowest BCUT2D eigenvalue weighted by Gasteiger charge is -2.29. The zero-order valence-electron chi connectivity index (χ0n) is 16.7. The van der Waals surface area contributed by atoms with Gasteiger partial charge in [-0.2, -0.15) is 5.26 Å². The van der Waals surface area contributed by atoms with Crippen LogP contribution < -0.4 is 0 Å². The van der Waals surface area contributed by atoms with Crippen molar-refractivity contribution >= 4 is 10.8 Å². The van der Waals surface area contributed by atoms with Gasteiger partial charge in [0.2, 0.25) is 0 Å². The Bertz CT molecular complexity index is 1080. The van der Waals surface area contributed by atoms with Crippen LogP contribution in [-0.2, 0) is 12.8 Å². The lowest BCUT2D eigenvalue weighted by Crippen LogP contribution is -2.27. The molecule has 0 bridgehead atoms. The molecule has 0 unspecified atom stereocenters. The van der Waals surface area contributed by atoms with Gasteiger partial charge in [-0.1, -0.05) is 56.5 Å². The maximum atomic E-state index is 14.9. The third-order valence-corrected chi connectivity index (χ3v) is 6.22. The van der Waals surface area contributed by atoms with Gasteiger partial charge in [0.1, 0.15) is 18.1 Å². The summed E-state index contributed by atoms with van der Waals surface area (Å²) in [6.07, 6.45) is 4.93. The molecule has 1 aliphatic carbocycles. The van der Waals surface area contributed by atoms with Crippen molar-refractivity contribution in [1.82, 2.24) is 0 Å². The first-order valence-corrected chi connectivity index (χ1v) is 10.5. The van der Waals surface area contributed by atoms with E-state index in [1.54, 1.807) is 6.07 Å². The highest BCUT2D eigenvalue weighted by Crippen LogP contribution is 2.36. The molecule has 1 aliphatic rings. The number of hydrogen-bond acceptors (Lipinski definition) is 1. The van der Waals surface area contributed by atoms with Gasteiger partial charge in [0.05, 0.1) is 5.56 Å². The van der Waals surface area contributed by atoms with E-state index in [-0.39, 0.29) is 11.5 Å². The molecule has 1 nitrogen and oxygen atoms in total. The number of rotatable bonds is 5. The summed E-state index contributed by atoms with van der Waals surface area (Å²) in [5.41, 5.74) is 4.07. The lowest BCUT2D eigenvalue weighted by molar-refractivity contribution is 0.199. The molecule has 4 rings (SSSR count). The first-order valence-electron chi connectivity index (χ1n) is 10.5. The van der Waals surface area contributed by atoms with Gasteiger partial charge >= 0.3 is 0 Å². The van der Waals surface area contributed by atoms with Crippen molar-refractivity contribution in [3.8, 4) is 17.2 Å². The Balaban J connectivity index is 1.65. The second-order valence-electron chi connectivity index (χ2n) is 8.13. The fourth-order valence-electron chi connectivity index (χ4n) is 4.55. The summed E-state index contributed by atoms with van der Waals surface area (Å²) in [5, 5.41) is 11.1. The molecule has 0 spiro atoms. The maximum absolute atomic E-state index is 14.9. The Kier molecular flexibility index (Phi) is 5.62. The second kappa shape index (κ2) is 8.33. The van der Waals surface area contributed by atoms with Crippen LogP contribution in [-0.4, -0.2) is 6.17 Å². The van der Waals surface area contributed by atoms with Gasteiger partial charge in [-0.15, -0.1) is 0 Å². The fraction of sp³-hybridized carbons (Fsp3) is 0.346. The van der Waals surface area contributed by atoms with Crippen LogP contribution in [0, 0.1) is 23.1 Å². The number of hydrogen-bond donors (Lipinski definition) is 0. The maximum Gasteiger partial charge on any atom is 0.141 e. The summed E-state index contributed by atoms with van der Waals surface area (Å²) in [6, 6.07) is 16.8. The molecule has 0 aliphatic heterocycles. The SMILES string of the molecule is CCCCC[C@H]1Cc2ccc3cc(-c4ccc(C#N)c(F)c4)ccc3c2C[C@@H]1F. The van der Waals surface area contributed by atoms with Crippen LogP contribution in [0.1, 0.15) is 49.3 Å². The zero-order valence-corrected chi connectivity index (χ0v) is 16.7. The largest absolute Gasteiger partial charge is 0.247 e. The van der Waals surface area contributed by atoms with Gasteiger partial charge < -0.3 is 0 Å². The van der Waals surface area contributed by atoms with Gasteiger partial charge in [0, 0.05) is 6.42 Å². The topological polar surface area (TPSA) is 23.8 Å². The van der Waals surface area contributed by atoms with E-state index in [1.807, 2.05) is 24.3 Å². The molecule has 0 saturated heterocycles. The number of unbranched alkanes of at least 4 members (excludes halogenated alkanes) is 2. The van der Waals surface area contributed by atoms with E-state index in [9.17, 15) is 8.78 Å². The van der Waals surface area contributed by atoms with E-state index in [4.69, 9.17) is 5.26 Å². The normalized spacial score (nSPS) is 18.4. The molecule has 148 valence electrons. The van der Waals surface area contributed by atoms with Crippen molar-refractivity contribution in [2.45, 2.75) is 51.6 Å². The Hall–Kier alpha value is -2.73. The number of halogens is 2. The molecule has 0 amide bonds. The number of benzene rings is 3. The molecule has 0 saturated carbocycles. The molecular formula is C26H25F2N. The molecule has 29 heavy (non-hydrogen) atoms. The highest BCUT2D eigenvalue weighted by Gasteiger charge is 2.29. The van der Waals surface area contributed by atoms with Crippen molar-refractivity contribution in [1.29, 1.82) is 5.26 Å². The molecule has 0 N–H and O–H groups in total. The summed E-state index contributed by atoms with van der Waals surface area (Å²) in [7, 11) is 0. The molecule has 3 heteroatoms. The Morgan fingerprint density at radius 1 is 1.00 bits per heavy atom. The molecule has 3 aromatic rings. The summed E-state index contributed by atoms with van der Waals surface area (Å²) < 4.78 is 28.9. The predicted molar refractivity (Wildman–Crippen MR) is 114 cm³/mol. The molecule has 0 heterocycles. The molecular weight excluding hydrogens is 364 g/mol. The molecule has 0 aromatic heterocycles. The van der Waals surface area contributed by atoms with Crippen molar-refractivity contribution < 1.29 is 8.78 Å². The minimum Gasteiger partial charge on any atom is -0.247 e. The van der Waals surface area contributed by atoms with Crippen LogP contribution >= 0.6 is 0 Å². The van der Waals surface area contributed by atoms with Crippen LogP contribution in [0.25, 0.3) is 21.9 Å². The molecule has 3 aromatic carbocycles. The van der Waals surface area contributed by atoms with E-state index < -0.39 is 12.0 Å². The molecule has 0 radical (unpaired) electrons. The van der Waals surface area contributed by atoms with Gasteiger partial charge in [-0.25, -0.2) is 8.78 Å². The van der Waals surface area contributed by atoms with Crippen LogP contribution in [0.2, 0.25) is 0 Å². The minimum absolute atomic E-state index is 0.0473. The van der Waals surface area contributed by atoms with E-state index in [2.05, 4.69) is 19.1 Å². The van der Waals surface area contributed by atoms with Gasteiger partial charge in [-0.3, -0.25) is 0 Å². The summed E-state index contributed by atoms with van der Waals surface area (Å²) >= 11 is 0. The smallest absolute Gasteiger partial charge is 0.141 e. The van der Waals surface area contributed by atoms with Gasteiger partial charge in [-0.05, 0) is 70.0 Å². The first kappa shape index (κ1) is 19.6. The number of alkyl halides is 1. The Morgan fingerprint density at radius 3 is 2.55 bits per heavy atom. The lowest BCUT2D eigenvalue weighted by atomic mass is 9.78. The van der Waals surface area contributed by atoms with Gasteiger partial charge in [0.15, 0.2) is 0 Å². The van der Waals surface area contributed by atoms with Crippen LogP contribution in [0.15, 0.2) is 48.5 Å². The van der Waals surface area contributed by atoms with Crippen molar-refractivity contribution in [3.05, 3.63) is 71.0 Å². The van der Waals surface area contributed by atoms with Crippen molar-refractivity contribution in [2.24, 2.45) is 5.92 Å². The monoisotopic (exact) mass is 389 g/mol. The minimum atomic E-state index is -0.780. The van der Waals surface area contributed by atoms with E-state index >= 15 is 0 Å². The van der Waals surface area contributed by atoms with Crippen LogP contribution in [0.4, 0.5) is 8.78 Å². The van der Waals surface area contributed by atoms with E-state index in [1.165, 1.54) is 24.1 Å². The fourth-order valence-corrected chi connectivity index (χ4v) is 4.55. The average molecular weight is 389 g/mol. The van der Waals surface area contributed by atoms with Crippen LogP contribution in [0.3, 0.4) is 0 Å². The van der Waals surface area contributed by atoms with E-state index in [0.717, 1.165) is 53.1 Å². The summed E-state index contributed by atoms with van der Waals surface area (Å²) in [6.45, 7) is 2.18. The Morgan fingerprint density at radius 2 is 1.79 bits per heavy atom. The summed E-state index contributed by atoms with van der Waals surface area (Å²) in [4.78, 5) is 0. The second-order valence-corrected chi connectivity index (χ2v) is 8.13. The highest BCUT2D eigenvalue weighted by atomic mass is 19.1. The third kappa shape index (κ3) is 3.90. The Labute approximate surface area is 171 Å². The van der Waals surface area contributed by atoms with Crippen molar-refractivity contribution in [2.75, 3.05) is 0 Å². The first-order chi connectivity index (χ1) is 14.1.